The molecule has 0 spiro atoms. The third kappa shape index (κ3) is 3.08. The number of methoxy groups -OCH3 is 1. The van der Waals surface area contributed by atoms with E-state index in [2.05, 4.69) is 0 Å². The molecule has 3 aromatic rings. The van der Waals surface area contributed by atoms with E-state index in [4.69, 9.17) is 13.9 Å². The highest BCUT2D eigenvalue weighted by atomic mass is 16.5. The summed E-state index contributed by atoms with van der Waals surface area (Å²) < 4.78 is 15.6. The number of carbonyl (C=O) groups excluding carboxylic acids is 2. The number of rotatable bonds is 5. The predicted octanol–water partition coefficient (Wildman–Crippen LogP) is 3.48. The number of hydrogen-bond donors (Lipinski definition) is 0. The number of furan rings is 1. The van der Waals surface area contributed by atoms with E-state index in [-0.39, 0.29) is 18.2 Å². The lowest BCUT2D eigenvalue weighted by molar-refractivity contribution is 0.0445. The number of hydrogen-bond acceptors (Lipinski definition) is 5. The first-order valence-corrected chi connectivity index (χ1v) is 7.01. The maximum Gasteiger partial charge on any atom is 0.374 e. The Morgan fingerprint density at radius 3 is 2.57 bits per heavy atom. The van der Waals surface area contributed by atoms with Crippen LogP contribution in [0.25, 0.3) is 11.0 Å². The standard InChI is InChI=1S/C18H14O5/c1-21-16-9-5-3-7-13(16)14(19)11-22-18(20)17-10-12-6-2-4-8-15(12)23-17/h2-10H,11H2,1H3. The summed E-state index contributed by atoms with van der Waals surface area (Å²) in [5.74, 6) is -0.507. The molecule has 0 amide bonds. The maximum atomic E-state index is 12.1. The highest BCUT2D eigenvalue weighted by Gasteiger charge is 2.17. The number of benzene rings is 2. The summed E-state index contributed by atoms with van der Waals surface area (Å²) in [6.07, 6.45) is 0. The Kier molecular flexibility index (Phi) is 4.10. The molecule has 0 atom stereocenters. The number of esters is 1. The maximum absolute atomic E-state index is 12.1. The molecule has 1 heterocycles. The van der Waals surface area contributed by atoms with Crippen molar-refractivity contribution in [1.82, 2.24) is 0 Å². The van der Waals surface area contributed by atoms with Crippen LogP contribution in [0.1, 0.15) is 20.9 Å². The molecule has 0 saturated carbocycles. The molecule has 116 valence electrons. The Labute approximate surface area is 132 Å². The van der Waals surface area contributed by atoms with Gasteiger partial charge < -0.3 is 13.9 Å². The second-order valence-corrected chi connectivity index (χ2v) is 4.85. The van der Waals surface area contributed by atoms with Crippen molar-refractivity contribution in [2.45, 2.75) is 0 Å². The number of fused-ring (bicyclic) bond motifs is 1. The van der Waals surface area contributed by atoms with E-state index in [1.807, 2.05) is 18.2 Å². The highest BCUT2D eigenvalue weighted by molar-refractivity contribution is 6.01. The van der Waals surface area contributed by atoms with Crippen molar-refractivity contribution in [2.24, 2.45) is 0 Å². The molecule has 23 heavy (non-hydrogen) atoms. The number of carbonyl (C=O) groups is 2. The van der Waals surface area contributed by atoms with Crippen LogP contribution < -0.4 is 4.74 Å². The second-order valence-electron chi connectivity index (χ2n) is 4.85. The van der Waals surface area contributed by atoms with Gasteiger partial charge in [-0.05, 0) is 24.3 Å². The zero-order chi connectivity index (χ0) is 16.2. The Bertz CT molecular complexity index is 829. The van der Waals surface area contributed by atoms with Gasteiger partial charge >= 0.3 is 5.97 Å². The van der Waals surface area contributed by atoms with Crippen molar-refractivity contribution in [2.75, 3.05) is 13.7 Å². The normalized spacial score (nSPS) is 10.5. The lowest BCUT2D eigenvalue weighted by atomic mass is 10.1. The van der Waals surface area contributed by atoms with E-state index in [9.17, 15) is 9.59 Å². The molecule has 0 aliphatic heterocycles. The summed E-state index contributed by atoms with van der Waals surface area (Å²) >= 11 is 0. The minimum Gasteiger partial charge on any atom is -0.496 e. The van der Waals surface area contributed by atoms with Crippen LogP contribution in [0.4, 0.5) is 0 Å². The number of para-hydroxylation sites is 2. The zero-order valence-electron chi connectivity index (χ0n) is 12.4. The van der Waals surface area contributed by atoms with Gasteiger partial charge in [-0.25, -0.2) is 4.79 Å². The summed E-state index contributed by atoms with van der Waals surface area (Å²) in [7, 11) is 1.48. The summed E-state index contributed by atoms with van der Waals surface area (Å²) in [6, 6.07) is 15.6. The van der Waals surface area contributed by atoms with Gasteiger partial charge in [-0.15, -0.1) is 0 Å². The molecular formula is C18H14O5. The van der Waals surface area contributed by atoms with Gasteiger partial charge in [-0.1, -0.05) is 30.3 Å². The van der Waals surface area contributed by atoms with E-state index in [1.54, 1.807) is 36.4 Å². The lowest BCUT2D eigenvalue weighted by Crippen LogP contribution is -2.14. The number of ether oxygens (including phenoxy) is 2. The summed E-state index contributed by atoms with van der Waals surface area (Å²) in [5.41, 5.74) is 0.961. The van der Waals surface area contributed by atoms with E-state index in [1.165, 1.54) is 7.11 Å². The van der Waals surface area contributed by atoms with Crippen LogP contribution in [0.15, 0.2) is 59.0 Å². The van der Waals surface area contributed by atoms with Crippen LogP contribution in [-0.2, 0) is 4.74 Å². The molecule has 0 fully saturated rings. The van der Waals surface area contributed by atoms with Gasteiger partial charge in [-0.2, -0.15) is 0 Å². The van der Waals surface area contributed by atoms with Crippen LogP contribution in [0.3, 0.4) is 0 Å². The van der Waals surface area contributed by atoms with Crippen LogP contribution in [0.5, 0.6) is 5.75 Å². The SMILES string of the molecule is COc1ccccc1C(=O)COC(=O)c1cc2ccccc2o1. The van der Waals surface area contributed by atoms with Crippen molar-refractivity contribution in [3.63, 3.8) is 0 Å². The van der Waals surface area contributed by atoms with Crippen LogP contribution in [0, 0.1) is 0 Å². The van der Waals surface area contributed by atoms with Gasteiger partial charge in [-0.3, -0.25) is 4.79 Å². The van der Waals surface area contributed by atoms with Gasteiger partial charge in [0.25, 0.3) is 0 Å². The van der Waals surface area contributed by atoms with Gasteiger partial charge in [0.05, 0.1) is 12.7 Å². The van der Waals surface area contributed by atoms with E-state index in [0.29, 0.717) is 16.9 Å². The van der Waals surface area contributed by atoms with Gasteiger partial charge in [0.1, 0.15) is 11.3 Å². The first-order valence-electron chi connectivity index (χ1n) is 7.01. The fourth-order valence-electron chi connectivity index (χ4n) is 2.24. The van der Waals surface area contributed by atoms with Crippen LogP contribution in [-0.4, -0.2) is 25.5 Å². The third-order valence-corrected chi connectivity index (χ3v) is 3.37. The molecule has 0 radical (unpaired) electrons. The molecular weight excluding hydrogens is 296 g/mol. The van der Waals surface area contributed by atoms with Crippen molar-refractivity contribution in [1.29, 1.82) is 0 Å². The third-order valence-electron chi connectivity index (χ3n) is 3.37. The van der Waals surface area contributed by atoms with Gasteiger partial charge in [0.15, 0.2) is 6.61 Å². The summed E-state index contributed by atoms with van der Waals surface area (Å²) in [5, 5.41) is 0.801. The molecule has 0 aliphatic rings. The van der Waals surface area contributed by atoms with Gasteiger partial charge in [0, 0.05) is 5.39 Å². The Hall–Kier alpha value is -3.08. The van der Waals surface area contributed by atoms with Gasteiger partial charge in [0.2, 0.25) is 11.5 Å². The molecule has 5 nitrogen and oxygen atoms in total. The minimum atomic E-state index is -0.676. The Balaban J connectivity index is 1.70. The van der Waals surface area contributed by atoms with E-state index in [0.717, 1.165) is 5.39 Å². The average Bonchev–Trinajstić information content (AvgIpc) is 3.03. The highest BCUT2D eigenvalue weighted by Crippen LogP contribution is 2.20. The van der Waals surface area contributed by atoms with Crippen molar-refractivity contribution < 1.29 is 23.5 Å². The smallest absolute Gasteiger partial charge is 0.374 e. The summed E-state index contributed by atoms with van der Waals surface area (Å²) in [4.78, 5) is 24.1. The van der Waals surface area contributed by atoms with E-state index >= 15 is 0 Å². The predicted molar refractivity (Wildman–Crippen MR) is 83.8 cm³/mol. The van der Waals surface area contributed by atoms with Crippen LogP contribution >= 0.6 is 0 Å². The lowest BCUT2D eigenvalue weighted by Gasteiger charge is -2.07. The fraction of sp³-hybridized carbons (Fsp3) is 0.111. The molecule has 0 bridgehead atoms. The first-order chi connectivity index (χ1) is 11.2. The number of Topliss-reactive ketones (excluding diaryl/α,β-unsaturated/α-hetero) is 1. The average molecular weight is 310 g/mol. The second kappa shape index (κ2) is 6.36. The quantitative estimate of drug-likeness (QED) is 0.533. The Morgan fingerprint density at radius 1 is 1.04 bits per heavy atom. The number of ketones is 1. The fourth-order valence-corrected chi connectivity index (χ4v) is 2.24. The largest absolute Gasteiger partial charge is 0.496 e. The molecule has 0 aliphatic carbocycles. The van der Waals surface area contributed by atoms with Crippen LogP contribution in [0.2, 0.25) is 0 Å². The topological polar surface area (TPSA) is 65.7 Å². The van der Waals surface area contributed by atoms with E-state index < -0.39 is 5.97 Å². The van der Waals surface area contributed by atoms with Crippen molar-refractivity contribution >= 4 is 22.7 Å². The molecule has 2 aromatic carbocycles. The minimum absolute atomic E-state index is 0.0685. The first kappa shape index (κ1) is 14.8. The molecule has 1 aromatic heterocycles. The molecule has 0 saturated heterocycles. The molecule has 0 unspecified atom stereocenters. The molecule has 3 rings (SSSR count). The molecule has 0 N–H and O–H groups in total. The molecule has 5 heteroatoms. The summed E-state index contributed by atoms with van der Waals surface area (Å²) in [6.45, 7) is -0.379. The van der Waals surface area contributed by atoms with Crippen molar-refractivity contribution in [3.05, 3.63) is 65.9 Å². The monoisotopic (exact) mass is 310 g/mol. The zero-order valence-corrected chi connectivity index (χ0v) is 12.4. The van der Waals surface area contributed by atoms with Crippen molar-refractivity contribution in [3.8, 4) is 5.75 Å². The Morgan fingerprint density at radius 2 is 1.78 bits per heavy atom.